The number of anilines is 1. The monoisotopic (exact) mass is 266 g/mol. The minimum atomic E-state index is -1.21. The molecule has 1 heterocycles. The third-order valence-corrected chi connectivity index (χ3v) is 2.52. The van der Waals surface area contributed by atoms with Crippen molar-refractivity contribution in [1.82, 2.24) is 9.97 Å². The van der Waals surface area contributed by atoms with Crippen LogP contribution < -0.4 is 5.73 Å². The first-order valence-corrected chi connectivity index (χ1v) is 5.13. The summed E-state index contributed by atoms with van der Waals surface area (Å²) in [4.78, 5) is 17.1. The molecular formula is C11H8F2N4O2. The van der Waals surface area contributed by atoms with Crippen molar-refractivity contribution in [1.29, 1.82) is 0 Å². The van der Waals surface area contributed by atoms with Gasteiger partial charge >= 0.3 is 5.69 Å². The fourth-order valence-corrected chi connectivity index (χ4v) is 1.55. The fraction of sp³-hybridized carbons (Fsp3) is 0.0909. The number of aryl methyl sites for hydroxylation is 1. The number of hydrogen-bond acceptors (Lipinski definition) is 5. The molecule has 0 bridgehead atoms. The maximum Gasteiger partial charge on any atom is 0.313 e. The first kappa shape index (κ1) is 12.8. The number of halogens is 2. The number of nitrogen functional groups attached to an aromatic ring is 1. The maximum atomic E-state index is 13.8. The van der Waals surface area contributed by atoms with E-state index in [-0.39, 0.29) is 22.8 Å². The van der Waals surface area contributed by atoms with E-state index in [1.807, 2.05) is 0 Å². The van der Waals surface area contributed by atoms with E-state index in [2.05, 4.69) is 9.97 Å². The molecule has 0 aliphatic rings. The Bertz CT molecular complexity index is 676. The van der Waals surface area contributed by atoms with E-state index in [1.165, 1.54) is 19.1 Å². The minimum absolute atomic E-state index is 0.0888. The molecule has 0 aliphatic heterocycles. The summed E-state index contributed by atoms with van der Waals surface area (Å²) in [6.07, 6.45) is 0.856. The molecule has 0 aliphatic carbocycles. The van der Waals surface area contributed by atoms with Crippen molar-refractivity contribution in [2.75, 3.05) is 5.73 Å². The largest absolute Gasteiger partial charge is 0.368 e. The number of benzene rings is 1. The highest BCUT2D eigenvalue weighted by Gasteiger charge is 2.23. The van der Waals surface area contributed by atoms with Crippen LogP contribution in [0.2, 0.25) is 0 Å². The quantitative estimate of drug-likeness (QED) is 0.664. The Morgan fingerprint density at radius 2 is 2.00 bits per heavy atom. The zero-order valence-corrected chi connectivity index (χ0v) is 9.72. The molecule has 0 saturated carbocycles. The van der Waals surface area contributed by atoms with Crippen LogP contribution in [0.3, 0.4) is 0 Å². The van der Waals surface area contributed by atoms with Crippen LogP contribution in [0.1, 0.15) is 5.56 Å². The van der Waals surface area contributed by atoms with Crippen molar-refractivity contribution in [2.24, 2.45) is 0 Å². The Labute approximate surface area is 106 Å². The maximum absolute atomic E-state index is 13.8. The Kier molecular flexibility index (Phi) is 3.07. The lowest BCUT2D eigenvalue weighted by Gasteiger charge is -2.06. The van der Waals surface area contributed by atoms with E-state index in [1.54, 1.807) is 0 Å². The molecule has 0 saturated heterocycles. The molecule has 98 valence electrons. The Morgan fingerprint density at radius 3 is 2.63 bits per heavy atom. The van der Waals surface area contributed by atoms with Crippen molar-refractivity contribution in [3.63, 3.8) is 0 Å². The lowest BCUT2D eigenvalue weighted by molar-refractivity contribution is -0.384. The summed E-state index contributed by atoms with van der Waals surface area (Å²) in [5.74, 6) is -2.55. The minimum Gasteiger partial charge on any atom is -0.368 e. The van der Waals surface area contributed by atoms with Gasteiger partial charge in [0.15, 0.2) is 17.3 Å². The van der Waals surface area contributed by atoms with Gasteiger partial charge in [-0.1, -0.05) is 6.07 Å². The topological polar surface area (TPSA) is 94.9 Å². The molecule has 2 N–H and O–H groups in total. The van der Waals surface area contributed by atoms with E-state index >= 15 is 0 Å². The van der Waals surface area contributed by atoms with Crippen LogP contribution in [-0.4, -0.2) is 14.9 Å². The lowest BCUT2D eigenvalue weighted by Crippen LogP contribution is -2.03. The third kappa shape index (κ3) is 2.19. The van der Waals surface area contributed by atoms with Gasteiger partial charge in [0, 0.05) is 5.56 Å². The smallest absolute Gasteiger partial charge is 0.313 e. The van der Waals surface area contributed by atoms with E-state index in [4.69, 9.17) is 5.73 Å². The molecule has 8 heteroatoms. The summed E-state index contributed by atoms with van der Waals surface area (Å²) in [5.41, 5.74) is 4.18. The lowest BCUT2D eigenvalue weighted by atomic mass is 10.1. The van der Waals surface area contributed by atoms with Gasteiger partial charge in [-0.15, -0.1) is 0 Å². The van der Waals surface area contributed by atoms with E-state index in [0.717, 1.165) is 6.20 Å². The molecule has 0 radical (unpaired) electrons. The number of nitrogens with zero attached hydrogens (tertiary/aromatic N) is 3. The highest BCUT2D eigenvalue weighted by molar-refractivity contribution is 5.70. The van der Waals surface area contributed by atoms with Crippen LogP contribution in [0.25, 0.3) is 11.3 Å². The molecule has 0 spiro atoms. The van der Waals surface area contributed by atoms with Crippen LogP contribution in [0.15, 0.2) is 18.3 Å². The van der Waals surface area contributed by atoms with Gasteiger partial charge in [-0.2, -0.15) is 0 Å². The van der Waals surface area contributed by atoms with Gasteiger partial charge in [0.2, 0.25) is 5.95 Å². The van der Waals surface area contributed by atoms with E-state index < -0.39 is 22.2 Å². The molecule has 1 aromatic heterocycles. The molecule has 2 aromatic rings. The van der Waals surface area contributed by atoms with Gasteiger partial charge in [0.25, 0.3) is 0 Å². The average molecular weight is 266 g/mol. The van der Waals surface area contributed by atoms with Gasteiger partial charge in [-0.05, 0) is 18.6 Å². The second-order valence-corrected chi connectivity index (χ2v) is 3.78. The summed E-state index contributed by atoms with van der Waals surface area (Å²) in [7, 11) is 0. The molecule has 0 unspecified atom stereocenters. The van der Waals surface area contributed by atoms with Crippen LogP contribution in [0.4, 0.5) is 20.4 Å². The second kappa shape index (κ2) is 4.56. The predicted molar refractivity (Wildman–Crippen MR) is 63.2 cm³/mol. The van der Waals surface area contributed by atoms with Crippen LogP contribution in [0.5, 0.6) is 0 Å². The zero-order valence-electron chi connectivity index (χ0n) is 9.72. The number of nitro groups is 1. The van der Waals surface area contributed by atoms with Crippen molar-refractivity contribution >= 4 is 11.6 Å². The molecular weight excluding hydrogens is 258 g/mol. The average Bonchev–Trinajstić information content (AvgIpc) is 2.35. The zero-order chi connectivity index (χ0) is 14.2. The SMILES string of the molecule is Cc1ccc(-c2nc(N)ncc2[N+](=O)[O-])c(F)c1F. The van der Waals surface area contributed by atoms with Crippen molar-refractivity contribution in [3.8, 4) is 11.3 Å². The number of aromatic nitrogens is 2. The summed E-state index contributed by atoms with van der Waals surface area (Å²) in [6.45, 7) is 1.38. The van der Waals surface area contributed by atoms with Gasteiger partial charge in [0.1, 0.15) is 6.20 Å². The highest BCUT2D eigenvalue weighted by atomic mass is 19.2. The van der Waals surface area contributed by atoms with E-state index in [9.17, 15) is 18.9 Å². The van der Waals surface area contributed by atoms with Crippen molar-refractivity contribution in [3.05, 3.63) is 45.6 Å². The molecule has 2 rings (SSSR count). The summed E-state index contributed by atoms with van der Waals surface area (Å²) in [5, 5.41) is 10.8. The molecule has 6 nitrogen and oxygen atoms in total. The Hall–Kier alpha value is -2.64. The molecule has 1 aromatic carbocycles. The highest BCUT2D eigenvalue weighted by Crippen LogP contribution is 2.31. The molecule has 19 heavy (non-hydrogen) atoms. The molecule has 0 fully saturated rings. The van der Waals surface area contributed by atoms with Crippen LogP contribution in [-0.2, 0) is 0 Å². The Morgan fingerprint density at radius 1 is 1.32 bits per heavy atom. The van der Waals surface area contributed by atoms with Gasteiger partial charge in [0.05, 0.1) is 4.92 Å². The van der Waals surface area contributed by atoms with Crippen molar-refractivity contribution in [2.45, 2.75) is 6.92 Å². The van der Waals surface area contributed by atoms with Crippen LogP contribution >= 0.6 is 0 Å². The fourth-order valence-electron chi connectivity index (χ4n) is 1.55. The number of rotatable bonds is 2. The van der Waals surface area contributed by atoms with Gasteiger partial charge in [-0.25, -0.2) is 18.7 Å². The van der Waals surface area contributed by atoms with E-state index in [0.29, 0.717) is 0 Å². The molecule has 0 amide bonds. The normalized spacial score (nSPS) is 10.5. The predicted octanol–water partition coefficient (Wildman–Crippen LogP) is 2.22. The number of nitrogens with two attached hydrogens (primary N) is 1. The third-order valence-electron chi connectivity index (χ3n) is 2.52. The Balaban J connectivity index is 2.75. The first-order valence-electron chi connectivity index (χ1n) is 5.13. The number of hydrogen-bond donors (Lipinski definition) is 1. The summed E-state index contributed by atoms with van der Waals surface area (Å²) < 4.78 is 27.3. The first-order chi connectivity index (χ1) is 8.91. The summed E-state index contributed by atoms with van der Waals surface area (Å²) in [6, 6.07) is 2.51. The van der Waals surface area contributed by atoms with Crippen LogP contribution in [0, 0.1) is 28.7 Å². The van der Waals surface area contributed by atoms with Gasteiger partial charge < -0.3 is 5.73 Å². The van der Waals surface area contributed by atoms with Gasteiger partial charge in [-0.3, -0.25) is 10.1 Å². The standard InChI is InChI=1S/C11H8F2N4O2/c1-5-2-3-6(9(13)8(5)12)10-7(17(18)19)4-15-11(14)16-10/h2-4H,1H3,(H2,14,15,16). The second-order valence-electron chi connectivity index (χ2n) is 3.78. The summed E-state index contributed by atoms with van der Waals surface area (Å²) >= 11 is 0. The van der Waals surface area contributed by atoms with Crippen molar-refractivity contribution < 1.29 is 13.7 Å². The molecule has 0 atom stereocenters.